The highest BCUT2D eigenvalue weighted by molar-refractivity contribution is 5.85. The van der Waals surface area contributed by atoms with Crippen LogP contribution >= 0.6 is 12.4 Å². The van der Waals surface area contributed by atoms with E-state index < -0.39 is 24.3 Å². The topological polar surface area (TPSA) is 93.0 Å². The van der Waals surface area contributed by atoms with Gasteiger partial charge >= 0.3 is 0 Å². The Balaban J connectivity index is 0.00000441. The summed E-state index contributed by atoms with van der Waals surface area (Å²) < 4.78 is 0. The van der Waals surface area contributed by atoms with E-state index in [-0.39, 0.29) is 24.9 Å². The van der Waals surface area contributed by atoms with E-state index in [4.69, 9.17) is 0 Å². The van der Waals surface area contributed by atoms with Gasteiger partial charge < -0.3 is 20.6 Å². The van der Waals surface area contributed by atoms with Crippen molar-refractivity contribution in [2.24, 2.45) is 0 Å². The number of aliphatic hydroxyl groups is 3. The van der Waals surface area contributed by atoms with Gasteiger partial charge in [-0.15, -0.1) is 12.4 Å². The Kier molecular flexibility index (Phi) is 11.0. The van der Waals surface area contributed by atoms with Crippen LogP contribution in [0.5, 0.6) is 0 Å². The van der Waals surface area contributed by atoms with Crippen LogP contribution in [0.25, 0.3) is 0 Å². The number of nitrogens with zero attached hydrogens (tertiary/aromatic N) is 1. The van der Waals surface area contributed by atoms with Crippen molar-refractivity contribution in [2.75, 3.05) is 19.7 Å². The van der Waals surface area contributed by atoms with Crippen molar-refractivity contribution in [1.29, 1.82) is 0 Å². The summed E-state index contributed by atoms with van der Waals surface area (Å²) >= 11 is 0. The molecule has 22 heavy (non-hydrogen) atoms. The van der Waals surface area contributed by atoms with Crippen LogP contribution in [0.3, 0.4) is 0 Å². The van der Waals surface area contributed by atoms with Crippen LogP contribution in [-0.2, 0) is 4.79 Å². The third-order valence-corrected chi connectivity index (χ3v) is 4.16. The molecule has 4 N–H and O–H groups in total. The van der Waals surface area contributed by atoms with Crippen molar-refractivity contribution in [2.45, 2.75) is 70.2 Å². The van der Waals surface area contributed by atoms with Gasteiger partial charge in [0.25, 0.3) is 0 Å². The molecule has 0 unspecified atom stereocenters. The maximum absolute atomic E-state index is 12.3. The fourth-order valence-electron chi connectivity index (χ4n) is 2.87. The predicted octanol–water partition coefficient (Wildman–Crippen LogP) is 0.282. The molecule has 0 aromatic heterocycles. The second kappa shape index (κ2) is 11.2. The first-order chi connectivity index (χ1) is 10.1. The minimum atomic E-state index is -1.15. The van der Waals surface area contributed by atoms with E-state index >= 15 is 0 Å². The Morgan fingerprint density at radius 1 is 1.09 bits per heavy atom. The van der Waals surface area contributed by atoms with Gasteiger partial charge in [0.1, 0.15) is 12.1 Å². The first kappa shape index (κ1) is 21.6. The summed E-state index contributed by atoms with van der Waals surface area (Å²) in [5, 5.41) is 32.4. The largest absolute Gasteiger partial charge is 0.395 e. The molecule has 1 amide bonds. The molecular weight excluding hydrogens is 308 g/mol. The van der Waals surface area contributed by atoms with Gasteiger partial charge in [-0.25, -0.2) is 0 Å². The number of likely N-dealkylation sites (tertiary alicyclic amines) is 1. The molecule has 132 valence electrons. The second-order valence-corrected chi connectivity index (χ2v) is 5.77. The Morgan fingerprint density at radius 3 is 2.27 bits per heavy atom. The monoisotopic (exact) mass is 338 g/mol. The molecule has 1 heterocycles. The van der Waals surface area contributed by atoms with Gasteiger partial charge in [0.2, 0.25) is 5.91 Å². The molecule has 0 aliphatic carbocycles. The van der Waals surface area contributed by atoms with Crippen LogP contribution in [0.15, 0.2) is 0 Å². The fraction of sp³-hybridized carbons (Fsp3) is 0.933. The maximum atomic E-state index is 12.3. The summed E-state index contributed by atoms with van der Waals surface area (Å²) in [7, 11) is 0. The third kappa shape index (κ3) is 5.35. The number of rotatable bonds is 9. The Labute approximate surface area is 139 Å². The smallest absolute Gasteiger partial charge is 0.240 e. The van der Waals surface area contributed by atoms with Gasteiger partial charge in [0.05, 0.1) is 18.8 Å². The molecule has 1 aliphatic rings. The lowest BCUT2D eigenvalue weighted by molar-refractivity contribution is -0.129. The highest BCUT2D eigenvalue weighted by atomic mass is 35.5. The number of unbranched alkanes of at least 4 members (excludes halogenated alkanes) is 3. The molecule has 1 fully saturated rings. The second-order valence-electron chi connectivity index (χ2n) is 5.77. The van der Waals surface area contributed by atoms with Crippen molar-refractivity contribution in [1.82, 2.24) is 10.2 Å². The van der Waals surface area contributed by atoms with Crippen molar-refractivity contribution in [3.63, 3.8) is 0 Å². The number of amides is 1. The molecule has 7 heteroatoms. The molecule has 4 atom stereocenters. The summed E-state index contributed by atoms with van der Waals surface area (Å²) in [6.45, 7) is 5.04. The van der Waals surface area contributed by atoms with Crippen molar-refractivity contribution < 1.29 is 20.1 Å². The first-order valence-electron chi connectivity index (χ1n) is 8.08. The average Bonchev–Trinajstić information content (AvgIpc) is 2.72. The van der Waals surface area contributed by atoms with Crippen LogP contribution < -0.4 is 5.32 Å². The molecule has 0 bridgehead atoms. The van der Waals surface area contributed by atoms with Gasteiger partial charge in [0, 0.05) is 6.54 Å². The molecule has 0 radical (unpaired) electrons. The molecule has 1 rings (SSSR count). The van der Waals surface area contributed by atoms with Gasteiger partial charge in [-0.1, -0.05) is 33.1 Å². The molecule has 0 aromatic carbocycles. The van der Waals surface area contributed by atoms with Crippen LogP contribution in [0.1, 0.15) is 46.0 Å². The highest BCUT2D eigenvalue weighted by Gasteiger charge is 2.50. The van der Waals surface area contributed by atoms with Gasteiger partial charge in [-0.2, -0.15) is 0 Å². The molecule has 0 aromatic rings. The van der Waals surface area contributed by atoms with E-state index in [9.17, 15) is 20.1 Å². The minimum Gasteiger partial charge on any atom is -0.395 e. The Hall–Kier alpha value is -0.400. The lowest BCUT2D eigenvalue weighted by Gasteiger charge is -2.28. The summed E-state index contributed by atoms with van der Waals surface area (Å²) in [6, 6.07) is -1.34. The maximum Gasteiger partial charge on any atom is 0.240 e. The zero-order valence-corrected chi connectivity index (χ0v) is 14.4. The van der Waals surface area contributed by atoms with E-state index in [1.807, 2.05) is 6.92 Å². The molecule has 6 nitrogen and oxygen atoms in total. The van der Waals surface area contributed by atoms with Crippen LogP contribution in [0, 0.1) is 0 Å². The Bertz CT molecular complexity index is 320. The van der Waals surface area contributed by atoms with E-state index in [1.165, 1.54) is 0 Å². The van der Waals surface area contributed by atoms with Gasteiger partial charge in [0.15, 0.2) is 0 Å². The van der Waals surface area contributed by atoms with Gasteiger partial charge in [-0.05, 0) is 19.4 Å². The standard InChI is InChI=1S/C15H30N2O4.ClH/c1-3-5-7-8-16-15(21)12-14(20)13(19)11(10-18)17(12)9-6-4-2;/h11-14,18-20H,3-10H2,1-2H3,(H,16,21);1H/t11-,12+,13-,14-;/m0./s1. The number of hydrogen-bond acceptors (Lipinski definition) is 5. The van der Waals surface area contributed by atoms with E-state index in [1.54, 1.807) is 4.90 Å². The number of hydrogen-bond donors (Lipinski definition) is 4. The summed E-state index contributed by atoms with van der Waals surface area (Å²) in [5.41, 5.74) is 0. The zero-order chi connectivity index (χ0) is 15.8. The molecule has 0 saturated carbocycles. The summed E-state index contributed by atoms with van der Waals surface area (Å²) in [6.07, 6.45) is 2.61. The predicted molar refractivity (Wildman–Crippen MR) is 88.1 cm³/mol. The summed E-state index contributed by atoms with van der Waals surface area (Å²) in [5.74, 6) is -0.260. The van der Waals surface area contributed by atoms with Crippen molar-refractivity contribution >= 4 is 18.3 Å². The quantitative estimate of drug-likeness (QED) is 0.453. The van der Waals surface area contributed by atoms with E-state index in [2.05, 4.69) is 12.2 Å². The van der Waals surface area contributed by atoms with Crippen LogP contribution in [0.4, 0.5) is 0 Å². The Morgan fingerprint density at radius 2 is 1.73 bits per heavy atom. The van der Waals surface area contributed by atoms with Gasteiger partial charge in [-0.3, -0.25) is 9.69 Å². The third-order valence-electron chi connectivity index (χ3n) is 4.16. The molecule has 1 aliphatic heterocycles. The highest BCUT2D eigenvalue weighted by Crippen LogP contribution is 2.26. The summed E-state index contributed by atoms with van der Waals surface area (Å²) in [4.78, 5) is 14.0. The van der Waals surface area contributed by atoms with Crippen LogP contribution in [0.2, 0.25) is 0 Å². The van der Waals surface area contributed by atoms with E-state index in [0.29, 0.717) is 13.1 Å². The molecule has 0 spiro atoms. The molecular formula is C15H31ClN2O4. The number of nitrogens with one attached hydrogen (secondary N) is 1. The minimum absolute atomic E-state index is 0. The number of halogens is 1. The molecule has 1 saturated heterocycles. The van der Waals surface area contributed by atoms with E-state index in [0.717, 1.165) is 32.1 Å². The van der Waals surface area contributed by atoms with Crippen molar-refractivity contribution in [3.05, 3.63) is 0 Å². The van der Waals surface area contributed by atoms with Crippen LogP contribution in [-0.4, -0.2) is 70.1 Å². The number of aliphatic hydroxyl groups excluding tert-OH is 3. The SMILES string of the molecule is CCCCCNC(=O)[C@H]1[C@H](O)[C@@H](O)[C@H](CO)N1CCCC.Cl. The normalized spacial score (nSPS) is 28.4. The fourth-order valence-corrected chi connectivity index (χ4v) is 2.87. The van der Waals surface area contributed by atoms with Crippen molar-refractivity contribution in [3.8, 4) is 0 Å². The zero-order valence-electron chi connectivity index (χ0n) is 13.6. The number of carbonyl (C=O) groups excluding carboxylic acids is 1. The first-order valence-corrected chi connectivity index (χ1v) is 8.08. The lowest BCUT2D eigenvalue weighted by Crippen LogP contribution is -2.50. The number of carbonyl (C=O) groups is 1. The average molecular weight is 339 g/mol. The lowest BCUT2D eigenvalue weighted by atomic mass is 10.1.